The molecule has 1 aliphatic heterocycles. The van der Waals surface area contributed by atoms with Crippen LogP contribution >= 0.6 is 11.8 Å². The number of hydrogen-bond acceptors (Lipinski definition) is 6. The maximum Gasteiger partial charge on any atom is 0.192 e. The summed E-state index contributed by atoms with van der Waals surface area (Å²) >= 11 is 1.41. The van der Waals surface area contributed by atoms with E-state index >= 15 is 0 Å². The van der Waals surface area contributed by atoms with Gasteiger partial charge in [0.15, 0.2) is 16.8 Å². The highest BCUT2D eigenvalue weighted by atomic mass is 32.2. The van der Waals surface area contributed by atoms with E-state index in [1.54, 1.807) is 12.1 Å². The molecule has 0 radical (unpaired) electrons. The Morgan fingerprint density at radius 1 is 1.11 bits per heavy atom. The first kappa shape index (κ1) is 23.7. The highest BCUT2D eigenvalue weighted by Crippen LogP contribution is 2.31. The lowest BCUT2D eigenvalue weighted by atomic mass is 10.1. The number of Topliss-reactive ketones (excluding diaryl/α,β-unsaturated/α-hetero) is 1. The van der Waals surface area contributed by atoms with Gasteiger partial charge in [-0.05, 0) is 44.2 Å². The number of nitrogens with one attached hydrogen (secondary N) is 1. The molecule has 9 heteroatoms. The third-order valence-electron chi connectivity index (χ3n) is 6.35. The Hall–Kier alpha value is -3.01. The zero-order chi connectivity index (χ0) is 24.4. The van der Waals surface area contributed by atoms with Gasteiger partial charge < -0.3 is 14.3 Å². The molecule has 2 aromatic heterocycles. The first-order valence-electron chi connectivity index (χ1n) is 11.8. The molecule has 2 aromatic carbocycles. The minimum absolute atomic E-state index is 0.0519. The van der Waals surface area contributed by atoms with E-state index in [0.717, 1.165) is 60.6 Å². The number of thioether (sulfide) groups is 1. The molecule has 4 aromatic rings. The van der Waals surface area contributed by atoms with E-state index in [9.17, 15) is 9.18 Å². The number of hydrogen-bond donors (Lipinski definition) is 1. The number of ketones is 1. The Morgan fingerprint density at radius 3 is 2.63 bits per heavy atom. The molecule has 5 rings (SSSR count). The normalized spacial score (nSPS) is 15.5. The van der Waals surface area contributed by atoms with Gasteiger partial charge in [0.2, 0.25) is 0 Å². The third kappa shape index (κ3) is 5.03. The molecule has 7 nitrogen and oxygen atoms in total. The van der Waals surface area contributed by atoms with Gasteiger partial charge in [0.25, 0.3) is 0 Å². The highest BCUT2D eigenvalue weighted by Gasteiger charge is 2.25. The number of halogens is 1. The molecule has 1 aliphatic rings. The van der Waals surface area contributed by atoms with Crippen molar-refractivity contribution < 1.29 is 13.9 Å². The fourth-order valence-corrected chi connectivity index (χ4v) is 5.40. The van der Waals surface area contributed by atoms with Crippen LogP contribution in [0.5, 0.6) is 0 Å². The minimum Gasteiger partial charge on any atom is -0.379 e. The van der Waals surface area contributed by atoms with E-state index in [2.05, 4.69) is 20.1 Å². The smallest absolute Gasteiger partial charge is 0.192 e. The molecule has 1 N–H and O–H groups in total. The maximum absolute atomic E-state index is 13.5. The van der Waals surface area contributed by atoms with E-state index in [1.807, 2.05) is 42.7 Å². The lowest BCUT2D eigenvalue weighted by Crippen LogP contribution is -2.38. The predicted octanol–water partition coefficient (Wildman–Crippen LogP) is 4.57. The van der Waals surface area contributed by atoms with Crippen LogP contribution in [-0.2, 0) is 11.3 Å². The van der Waals surface area contributed by atoms with Crippen molar-refractivity contribution in [3.05, 3.63) is 65.6 Å². The molecule has 182 valence electrons. The summed E-state index contributed by atoms with van der Waals surface area (Å²) in [6.45, 7) is 8.53. The van der Waals surface area contributed by atoms with Crippen LogP contribution in [0.2, 0.25) is 0 Å². The summed E-state index contributed by atoms with van der Waals surface area (Å²) in [5.41, 5.74) is 3.33. The molecule has 0 spiro atoms. The van der Waals surface area contributed by atoms with Crippen molar-refractivity contribution in [2.45, 2.75) is 30.8 Å². The number of rotatable bonds is 8. The number of fused-ring (bicyclic) bond motifs is 1. The average molecular weight is 494 g/mol. The summed E-state index contributed by atoms with van der Waals surface area (Å²) in [4.78, 5) is 19.2. The van der Waals surface area contributed by atoms with Crippen molar-refractivity contribution in [2.75, 3.05) is 32.8 Å². The van der Waals surface area contributed by atoms with Crippen LogP contribution in [0, 0.1) is 12.7 Å². The first-order chi connectivity index (χ1) is 17.0. The summed E-state index contributed by atoms with van der Waals surface area (Å²) in [5, 5.41) is 10.1. The fourth-order valence-electron chi connectivity index (χ4n) is 4.47. The summed E-state index contributed by atoms with van der Waals surface area (Å²) in [6, 6.07) is 14.1. The molecule has 1 unspecified atom stereocenters. The lowest BCUT2D eigenvalue weighted by Gasteiger charge is -2.27. The summed E-state index contributed by atoms with van der Waals surface area (Å²) in [6.07, 6.45) is 0. The van der Waals surface area contributed by atoms with Gasteiger partial charge in [-0.15, -0.1) is 10.2 Å². The molecule has 0 saturated carbocycles. The van der Waals surface area contributed by atoms with Gasteiger partial charge in [0.05, 0.1) is 18.5 Å². The summed E-state index contributed by atoms with van der Waals surface area (Å²) < 4.78 is 21.0. The van der Waals surface area contributed by atoms with Gasteiger partial charge in [-0.25, -0.2) is 4.39 Å². The van der Waals surface area contributed by atoms with Gasteiger partial charge in [0.1, 0.15) is 5.82 Å². The topological polar surface area (TPSA) is 76.0 Å². The van der Waals surface area contributed by atoms with Gasteiger partial charge in [-0.3, -0.25) is 9.69 Å². The number of para-hydroxylation sites is 1. The molecule has 3 heterocycles. The average Bonchev–Trinajstić information content (AvgIpc) is 3.43. The van der Waals surface area contributed by atoms with Crippen molar-refractivity contribution in [3.63, 3.8) is 0 Å². The second-order valence-electron chi connectivity index (χ2n) is 8.71. The molecule has 1 saturated heterocycles. The van der Waals surface area contributed by atoms with E-state index < -0.39 is 0 Å². The summed E-state index contributed by atoms with van der Waals surface area (Å²) in [7, 11) is 0. The second kappa shape index (κ2) is 10.3. The minimum atomic E-state index is -0.361. The molecular weight excluding hydrogens is 465 g/mol. The van der Waals surface area contributed by atoms with Crippen LogP contribution in [-0.4, -0.2) is 68.5 Å². The first-order valence-corrected chi connectivity index (χ1v) is 12.7. The number of aryl methyl sites for hydroxylation is 1. The van der Waals surface area contributed by atoms with Crippen molar-refractivity contribution in [1.29, 1.82) is 0 Å². The number of H-pyrrole nitrogens is 1. The largest absolute Gasteiger partial charge is 0.379 e. The van der Waals surface area contributed by atoms with Crippen molar-refractivity contribution in [1.82, 2.24) is 24.6 Å². The SMILES string of the molecule is Cc1[nH]c2ccccc2c1C(=O)C(C)Sc1nnc(-c2ccc(F)cc2)n1CCN1CCOCC1. The Labute approximate surface area is 207 Å². The van der Waals surface area contributed by atoms with Crippen LogP contribution in [0.4, 0.5) is 4.39 Å². The zero-order valence-electron chi connectivity index (χ0n) is 19.8. The molecule has 1 atom stereocenters. The van der Waals surface area contributed by atoms with Gasteiger partial charge >= 0.3 is 0 Å². The van der Waals surface area contributed by atoms with Crippen molar-refractivity contribution in [2.24, 2.45) is 0 Å². The molecule has 0 amide bonds. The molecule has 0 aliphatic carbocycles. The molecule has 35 heavy (non-hydrogen) atoms. The fraction of sp³-hybridized carbons (Fsp3) is 0.346. The second-order valence-corrected chi connectivity index (χ2v) is 10.0. The number of nitrogens with zero attached hydrogens (tertiary/aromatic N) is 4. The molecule has 0 bridgehead atoms. The van der Waals surface area contributed by atoms with E-state index in [4.69, 9.17) is 4.74 Å². The standard InChI is InChI=1S/C26H28FN5O2S/c1-17-23(21-5-3-4-6-22(21)28-17)24(33)18(2)35-26-30-29-25(19-7-9-20(27)10-8-19)32(26)12-11-31-13-15-34-16-14-31/h3-10,18,28H,11-16H2,1-2H3. The quantitative estimate of drug-likeness (QED) is 0.286. The van der Waals surface area contributed by atoms with Crippen molar-refractivity contribution >= 4 is 28.4 Å². The Bertz CT molecular complexity index is 1330. The molecular formula is C26H28FN5O2S. The Morgan fingerprint density at radius 2 is 1.86 bits per heavy atom. The van der Waals surface area contributed by atoms with E-state index in [-0.39, 0.29) is 16.9 Å². The number of aromatic amines is 1. The predicted molar refractivity (Wildman–Crippen MR) is 135 cm³/mol. The Balaban J connectivity index is 1.42. The van der Waals surface area contributed by atoms with E-state index in [0.29, 0.717) is 17.5 Å². The van der Waals surface area contributed by atoms with Crippen molar-refractivity contribution in [3.8, 4) is 11.4 Å². The number of benzene rings is 2. The number of carbonyl (C=O) groups is 1. The van der Waals surface area contributed by atoms with Crippen LogP contribution in [0.1, 0.15) is 23.0 Å². The zero-order valence-corrected chi connectivity index (χ0v) is 20.6. The number of morpholine rings is 1. The number of aromatic nitrogens is 4. The van der Waals surface area contributed by atoms with Gasteiger partial charge in [-0.2, -0.15) is 0 Å². The van der Waals surface area contributed by atoms with Gasteiger partial charge in [-0.1, -0.05) is 30.0 Å². The lowest BCUT2D eigenvalue weighted by molar-refractivity contribution is 0.0361. The Kier molecular flexibility index (Phi) is 6.99. The van der Waals surface area contributed by atoms with E-state index in [1.165, 1.54) is 23.9 Å². The number of ether oxygens (including phenoxy) is 1. The van der Waals surface area contributed by atoms with Crippen LogP contribution in [0.15, 0.2) is 53.7 Å². The van der Waals surface area contributed by atoms with Crippen LogP contribution in [0.3, 0.4) is 0 Å². The monoisotopic (exact) mass is 493 g/mol. The highest BCUT2D eigenvalue weighted by molar-refractivity contribution is 8.00. The number of carbonyl (C=O) groups excluding carboxylic acids is 1. The van der Waals surface area contributed by atoms with Crippen LogP contribution < -0.4 is 0 Å². The maximum atomic E-state index is 13.5. The summed E-state index contributed by atoms with van der Waals surface area (Å²) in [5.74, 6) is 0.427. The molecule has 1 fully saturated rings. The van der Waals surface area contributed by atoms with Gasteiger partial charge in [0, 0.05) is 53.9 Å². The third-order valence-corrected chi connectivity index (χ3v) is 7.43. The van der Waals surface area contributed by atoms with Crippen LogP contribution in [0.25, 0.3) is 22.3 Å².